The van der Waals surface area contributed by atoms with Crippen molar-refractivity contribution in [1.82, 2.24) is 0 Å². The molecule has 1 saturated heterocycles. The van der Waals surface area contributed by atoms with Crippen molar-refractivity contribution in [3.63, 3.8) is 0 Å². The Bertz CT molecular complexity index is 901. The van der Waals surface area contributed by atoms with E-state index in [-0.39, 0.29) is 5.91 Å². The van der Waals surface area contributed by atoms with E-state index in [1.807, 2.05) is 24.3 Å². The second-order valence-corrected chi connectivity index (χ2v) is 6.43. The van der Waals surface area contributed by atoms with E-state index in [9.17, 15) is 9.59 Å². The van der Waals surface area contributed by atoms with Crippen LogP contribution in [0, 0.1) is 0 Å². The van der Waals surface area contributed by atoms with Crippen molar-refractivity contribution in [1.29, 1.82) is 0 Å². The van der Waals surface area contributed by atoms with Crippen LogP contribution in [0.2, 0.25) is 0 Å². The Morgan fingerprint density at radius 1 is 1.00 bits per heavy atom. The highest BCUT2D eigenvalue weighted by molar-refractivity contribution is 9.10. The van der Waals surface area contributed by atoms with Gasteiger partial charge >= 0.3 is 0 Å². The standard InChI is InChI=1S/C17H13BrN4O3/c1-25-13-9-5-4-8-12(13)21-16(23)14-15(17(21)24)22(20-19-14)11-7-3-2-6-10(11)18/h2-9,14-15H,1H3/t14-,15+/m0/s1. The lowest BCUT2D eigenvalue weighted by molar-refractivity contribution is -0.121. The summed E-state index contributed by atoms with van der Waals surface area (Å²) in [5.41, 5.74) is 1.10. The number of hydrogen-bond donors (Lipinski definition) is 0. The number of ether oxygens (including phenoxy) is 1. The van der Waals surface area contributed by atoms with Gasteiger partial charge in [-0.15, -0.1) is 0 Å². The summed E-state index contributed by atoms with van der Waals surface area (Å²) in [4.78, 5) is 27.0. The Balaban J connectivity index is 1.75. The molecule has 4 rings (SSSR count). The quantitative estimate of drug-likeness (QED) is 0.742. The van der Waals surface area contributed by atoms with Crippen molar-refractivity contribution in [2.24, 2.45) is 10.3 Å². The first kappa shape index (κ1) is 15.8. The van der Waals surface area contributed by atoms with E-state index in [2.05, 4.69) is 26.3 Å². The molecule has 25 heavy (non-hydrogen) atoms. The SMILES string of the molecule is COc1ccccc1N1C(=O)[C@H]2N=NN(c3ccccc3Br)[C@H]2C1=O. The predicted octanol–water partition coefficient (Wildman–Crippen LogP) is 2.96. The maximum Gasteiger partial charge on any atom is 0.263 e. The second-order valence-electron chi connectivity index (χ2n) is 5.57. The summed E-state index contributed by atoms with van der Waals surface area (Å²) in [5, 5.41) is 9.58. The molecule has 0 bridgehead atoms. The van der Waals surface area contributed by atoms with E-state index in [1.165, 1.54) is 12.1 Å². The Hall–Kier alpha value is -2.74. The summed E-state index contributed by atoms with van der Waals surface area (Å²) in [6.07, 6.45) is 0. The van der Waals surface area contributed by atoms with Crippen molar-refractivity contribution >= 4 is 39.1 Å². The van der Waals surface area contributed by atoms with E-state index in [4.69, 9.17) is 4.74 Å². The molecule has 7 nitrogen and oxygen atoms in total. The van der Waals surface area contributed by atoms with E-state index in [0.717, 1.165) is 9.37 Å². The van der Waals surface area contributed by atoms with E-state index in [0.29, 0.717) is 17.1 Å². The van der Waals surface area contributed by atoms with Gasteiger partial charge in [0.2, 0.25) is 0 Å². The highest BCUT2D eigenvalue weighted by Gasteiger charge is 2.55. The van der Waals surface area contributed by atoms with Crippen LogP contribution < -0.4 is 14.6 Å². The fourth-order valence-electron chi connectivity index (χ4n) is 3.05. The van der Waals surface area contributed by atoms with Crippen LogP contribution in [0.1, 0.15) is 0 Å². The molecule has 2 aliphatic rings. The number of methoxy groups -OCH3 is 1. The van der Waals surface area contributed by atoms with E-state index < -0.39 is 18.0 Å². The Morgan fingerprint density at radius 3 is 2.40 bits per heavy atom. The minimum Gasteiger partial charge on any atom is -0.495 e. The van der Waals surface area contributed by atoms with E-state index >= 15 is 0 Å². The first-order valence-electron chi connectivity index (χ1n) is 7.59. The summed E-state index contributed by atoms with van der Waals surface area (Å²) in [6, 6.07) is 12.6. The number of amides is 2. The third-order valence-electron chi connectivity index (χ3n) is 4.21. The van der Waals surface area contributed by atoms with Gasteiger partial charge in [0.25, 0.3) is 11.8 Å². The molecule has 2 amide bonds. The first-order valence-corrected chi connectivity index (χ1v) is 8.38. The van der Waals surface area contributed by atoms with Crippen LogP contribution in [0.3, 0.4) is 0 Å². The van der Waals surface area contributed by atoms with Gasteiger partial charge in [-0.3, -0.25) is 9.59 Å². The number of benzene rings is 2. The molecule has 0 saturated carbocycles. The van der Waals surface area contributed by atoms with Gasteiger partial charge in [0.1, 0.15) is 5.75 Å². The number of carbonyl (C=O) groups excluding carboxylic acids is 2. The molecule has 0 N–H and O–H groups in total. The maximum absolute atomic E-state index is 13.0. The van der Waals surface area contributed by atoms with Gasteiger partial charge in [-0.2, -0.15) is 5.11 Å². The van der Waals surface area contributed by atoms with Gasteiger partial charge < -0.3 is 4.74 Å². The molecule has 2 atom stereocenters. The fraction of sp³-hybridized carbons (Fsp3) is 0.176. The molecule has 126 valence electrons. The lowest BCUT2D eigenvalue weighted by atomic mass is 10.1. The molecule has 1 fully saturated rings. The lowest BCUT2D eigenvalue weighted by Gasteiger charge is -2.22. The molecule has 8 heteroatoms. The van der Waals surface area contributed by atoms with Crippen LogP contribution in [0.15, 0.2) is 63.3 Å². The fourth-order valence-corrected chi connectivity index (χ4v) is 3.51. The largest absolute Gasteiger partial charge is 0.495 e. The predicted molar refractivity (Wildman–Crippen MR) is 94.5 cm³/mol. The first-order chi connectivity index (χ1) is 12.1. The van der Waals surface area contributed by atoms with Gasteiger partial charge in [-0.05, 0) is 40.2 Å². The number of para-hydroxylation sites is 3. The van der Waals surface area contributed by atoms with Gasteiger partial charge in [-0.25, -0.2) is 9.91 Å². The average Bonchev–Trinajstić information content (AvgIpc) is 3.16. The molecular formula is C17H13BrN4O3. The number of halogens is 1. The van der Waals surface area contributed by atoms with Crippen molar-refractivity contribution < 1.29 is 14.3 Å². The number of nitrogens with zero attached hydrogens (tertiary/aromatic N) is 4. The molecule has 2 heterocycles. The summed E-state index contributed by atoms with van der Waals surface area (Å²) in [5.74, 6) is -0.327. The Morgan fingerprint density at radius 2 is 1.68 bits per heavy atom. The number of rotatable bonds is 3. The monoisotopic (exact) mass is 400 g/mol. The Kier molecular flexibility index (Phi) is 3.76. The lowest BCUT2D eigenvalue weighted by Crippen LogP contribution is -2.40. The zero-order valence-electron chi connectivity index (χ0n) is 13.2. The molecule has 0 spiro atoms. The molecule has 2 aliphatic heterocycles. The molecular weight excluding hydrogens is 388 g/mol. The van der Waals surface area contributed by atoms with Crippen molar-refractivity contribution in [3.05, 3.63) is 53.0 Å². The van der Waals surface area contributed by atoms with Crippen LogP contribution in [0.25, 0.3) is 0 Å². The zero-order chi connectivity index (χ0) is 17.6. The molecule has 2 aromatic rings. The zero-order valence-corrected chi connectivity index (χ0v) is 14.8. The summed E-state index contributed by atoms with van der Waals surface area (Å²) < 4.78 is 6.05. The number of hydrogen-bond acceptors (Lipinski definition) is 6. The highest BCUT2D eigenvalue weighted by atomic mass is 79.9. The van der Waals surface area contributed by atoms with Crippen LogP contribution in [0.5, 0.6) is 5.75 Å². The third-order valence-corrected chi connectivity index (χ3v) is 4.88. The van der Waals surface area contributed by atoms with E-state index in [1.54, 1.807) is 24.3 Å². The normalized spacial score (nSPS) is 21.8. The van der Waals surface area contributed by atoms with Crippen LogP contribution in [-0.2, 0) is 9.59 Å². The number of imide groups is 1. The van der Waals surface area contributed by atoms with Crippen molar-refractivity contribution in [3.8, 4) is 5.75 Å². The number of carbonyl (C=O) groups is 2. The van der Waals surface area contributed by atoms with Crippen molar-refractivity contribution in [2.75, 3.05) is 17.0 Å². The van der Waals surface area contributed by atoms with Gasteiger partial charge in [-0.1, -0.05) is 29.5 Å². The van der Waals surface area contributed by atoms with Crippen LogP contribution >= 0.6 is 15.9 Å². The van der Waals surface area contributed by atoms with Gasteiger partial charge in [0.15, 0.2) is 12.1 Å². The molecule has 0 aromatic heterocycles. The minimum absolute atomic E-state index is 0.375. The Labute approximate surface area is 152 Å². The number of fused-ring (bicyclic) bond motifs is 1. The molecule has 2 aromatic carbocycles. The van der Waals surface area contributed by atoms with Crippen LogP contribution in [0.4, 0.5) is 11.4 Å². The van der Waals surface area contributed by atoms with Gasteiger partial charge in [0, 0.05) is 4.47 Å². The maximum atomic E-state index is 13.0. The van der Waals surface area contributed by atoms with Crippen LogP contribution in [-0.4, -0.2) is 31.0 Å². The topological polar surface area (TPSA) is 74.6 Å². The molecule has 0 radical (unpaired) electrons. The molecule has 0 unspecified atom stereocenters. The highest BCUT2D eigenvalue weighted by Crippen LogP contribution is 2.39. The smallest absolute Gasteiger partial charge is 0.263 e. The molecule has 0 aliphatic carbocycles. The second kappa shape index (κ2) is 5.96. The average molecular weight is 401 g/mol. The number of anilines is 2. The summed E-state index contributed by atoms with van der Waals surface area (Å²) >= 11 is 3.45. The third kappa shape index (κ3) is 2.32. The van der Waals surface area contributed by atoms with Gasteiger partial charge in [0.05, 0.1) is 18.5 Å². The van der Waals surface area contributed by atoms with Crippen molar-refractivity contribution in [2.45, 2.75) is 12.1 Å². The minimum atomic E-state index is -0.857. The summed E-state index contributed by atoms with van der Waals surface area (Å²) in [6.45, 7) is 0. The summed E-state index contributed by atoms with van der Waals surface area (Å²) in [7, 11) is 1.50.